The van der Waals surface area contributed by atoms with Crippen LogP contribution in [0.15, 0.2) is 12.3 Å². The smallest absolute Gasteiger partial charge is 0.343 e. The summed E-state index contributed by atoms with van der Waals surface area (Å²) in [6, 6.07) is 1.53. The van der Waals surface area contributed by atoms with E-state index in [0.29, 0.717) is 24.8 Å². The third-order valence-corrected chi connectivity index (χ3v) is 2.53. The molecule has 19 heavy (non-hydrogen) atoms. The second-order valence-electron chi connectivity index (χ2n) is 4.73. The molecule has 0 amide bonds. The third kappa shape index (κ3) is 5.16. The van der Waals surface area contributed by atoms with Crippen molar-refractivity contribution in [1.82, 2.24) is 4.98 Å². The standard InChI is InChI=1S/C14H22N2O3/c1-4-18-14(17)12-8-11(15)9-16-13(12)19-7-5-6-10(2)3/h8-10H,4-7,15H2,1-3H3. The Morgan fingerprint density at radius 2 is 2.21 bits per heavy atom. The average Bonchev–Trinajstić information content (AvgIpc) is 2.36. The Bertz CT molecular complexity index is 419. The molecule has 0 bridgehead atoms. The molecule has 0 fully saturated rings. The van der Waals surface area contributed by atoms with E-state index in [1.165, 1.54) is 12.3 Å². The number of carbonyl (C=O) groups excluding carboxylic acids is 1. The van der Waals surface area contributed by atoms with Crippen molar-refractivity contribution in [3.8, 4) is 5.88 Å². The lowest BCUT2D eigenvalue weighted by Gasteiger charge is -2.11. The van der Waals surface area contributed by atoms with Crippen LogP contribution in [0.2, 0.25) is 0 Å². The minimum absolute atomic E-state index is 0.284. The minimum Gasteiger partial charge on any atom is -0.477 e. The van der Waals surface area contributed by atoms with Crippen molar-refractivity contribution in [1.29, 1.82) is 0 Å². The van der Waals surface area contributed by atoms with Crippen LogP contribution < -0.4 is 10.5 Å². The van der Waals surface area contributed by atoms with Crippen LogP contribution in [-0.2, 0) is 4.74 Å². The van der Waals surface area contributed by atoms with E-state index in [4.69, 9.17) is 15.2 Å². The Labute approximate surface area is 114 Å². The fourth-order valence-electron chi connectivity index (χ4n) is 1.60. The second kappa shape index (κ2) is 7.61. The quantitative estimate of drug-likeness (QED) is 0.606. The van der Waals surface area contributed by atoms with Crippen LogP contribution in [0.4, 0.5) is 5.69 Å². The summed E-state index contributed by atoms with van der Waals surface area (Å²) in [6.07, 6.45) is 3.47. The zero-order valence-electron chi connectivity index (χ0n) is 11.8. The summed E-state index contributed by atoms with van der Waals surface area (Å²) in [4.78, 5) is 15.8. The Morgan fingerprint density at radius 3 is 2.84 bits per heavy atom. The van der Waals surface area contributed by atoms with Crippen molar-refractivity contribution < 1.29 is 14.3 Å². The molecule has 1 aromatic rings. The van der Waals surface area contributed by atoms with E-state index in [0.717, 1.165) is 12.8 Å². The third-order valence-electron chi connectivity index (χ3n) is 2.53. The number of pyridine rings is 1. The van der Waals surface area contributed by atoms with Crippen LogP contribution in [0.1, 0.15) is 44.0 Å². The van der Waals surface area contributed by atoms with E-state index in [-0.39, 0.29) is 11.4 Å². The molecule has 0 unspecified atom stereocenters. The maximum atomic E-state index is 11.8. The number of aromatic nitrogens is 1. The molecule has 1 heterocycles. The number of nitrogens with two attached hydrogens (primary N) is 1. The van der Waals surface area contributed by atoms with Crippen molar-refractivity contribution in [3.63, 3.8) is 0 Å². The molecule has 0 aliphatic rings. The molecule has 2 N–H and O–H groups in total. The van der Waals surface area contributed by atoms with Crippen LogP contribution in [0.3, 0.4) is 0 Å². The number of nitrogen functional groups attached to an aromatic ring is 1. The van der Waals surface area contributed by atoms with Gasteiger partial charge in [0.25, 0.3) is 0 Å². The predicted molar refractivity (Wildman–Crippen MR) is 74.2 cm³/mol. The number of ether oxygens (including phenoxy) is 2. The normalized spacial score (nSPS) is 10.5. The lowest BCUT2D eigenvalue weighted by molar-refractivity contribution is 0.0520. The number of nitrogens with zero attached hydrogens (tertiary/aromatic N) is 1. The van der Waals surface area contributed by atoms with Gasteiger partial charge >= 0.3 is 5.97 Å². The van der Waals surface area contributed by atoms with E-state index in [1.54, 1.807) is 6.92 Å². The molecule has 0 radical (unpaired) electrons. The Kier molecular flexibility index (Phi) is 6.12. The molecular weight excluding hydrogens is 244 g/mol. The van der Waals surface area contributed by atoms with E-state index in [2.05, 4.69) is 18.8 Å². The molecule has 5 heteroatoms. The zero-order valence-corrected chi connectivity index (χ0v) is 11.8. The SMILES string of the molecule is CCOC(=O)c1cc(N)cnc1OCCCC(C)C. The molecule has 0 aliphatic carbocycles. The first kappa shape index (κ1) is 15.3. The molecule has 0 aromatic carbocycles. The number of hydrogen-bond donors (Lipinski definition) is 1. The van der Waals surface area contributed by atoms with Gasteiger partial charge in [0.15, 0.2) is 0 Å². The maximum Gasteiger partial charge on any atom is 0.343 e. The molecule has 0 atom stereocenters. The van der Waals surface area contributed by atoms with Crippen LogP contribution >= 0.6 is 0 Å². The molecule has 106 valence electrons. The van der Waals surface area contributed by atoms with Crippen molar-refractivity contribution in [2.45, 2.75) is 33.6 Å². The summed E-state index contributed by atoms with van der Waals surface area (Å²) in [7, 11) is 0. The summed E-state index contributed by atoms with van der Waals surface area (Å²) >= 11 is 0. The molecule has 0 aliphatic heterocycles. The fraction of sp³-hybridized carbons (Fsp3) is 0.571. The molecule has 1 rings (SSSR count). The van der Waals surface area contributed by atoms with E-state index in [1.807, 2.05) is 0 Å². The summed E-state index contributed by atoms with van der Waals surface area (Å²) in [5.41, 5.74) is 6.33. The first-order valence-corrected chi connectivity index (χ1v) is 6.60. The highest BCUT2D eigenvalue weighted by Gasteiger charge is 2.15. The zero-order chi connectivity index (χ0) is 14.3. The van der Waals surface area contributed by atoms with E-state index < -0.39 is 5.97 Å². The number of carbonyl (C=O) groups is 1. The van der Waals surface area contributed by atoms with Gasteiger partial charge in [-0.3, -0.25) is 0 Å². The predicted octanol–water partition coefficient (Wildman–Crippen LogP) is 2.66. The molecular formula is C14H22N2O3. The second-order valence-corrected chi connectivity index (χ2v) is 4.73. The van der Waals surface area contributed by atoms with Crippen molar-refractivity contribution >= 4 is 11.7 Å². The van der Waals surface area contributed by atoms with E-state index >= 15 is 0 Å². The highest BCUT2D eigenvalue weighted by atomic mass is 16.5. The van der Waals surface area contributed by atoms with Gasteiger partial charge in [-0.15, -0.1) is 0 Å². The summed E-state index contributed by atoms with van der Waals surface area (Å²) in [5, 5.41) is 0. The Hall–Kier alpha value is -1.78. The fourth-order valence-corrected chi connectivity index (χ4v) is 1.60. The highest BCUT2D eigenvalue weighted by molar-refractivity contribution is 5.92. The van der Waals surface area contributed by atoms with Crippen LogP contribution in [0, 0.1) is 5.92 Å². The molecule has 0 saturated heterocycles. The lowest BCUT2D eigenvalue weighted by atomic mass is 10.1. The van der Waals surface area contributed by atoms with Crippen molar-refractivity contribution in [2.24, 2.45) is 5.92 Å². The maximum absolute atomic E-state index is 11.8. The lowest BCUT2D eigenvalue weighted by Crippen LogP contribution is -2.11. The molecule has 0 spiro atoms. The van der Waals surface area contributed by atoms with Crippen LogP contribution in [0.5, 0.6) is 5.88 Å². The monoisotopic (exact) mass is 266 g/mol. The van der Waals surface area contributed by atoms with Crippen LogP contribution in [0.25, 0.3) is 0 Å². The topological polar surface area (TPSA) is 74.4 Å². The number of hydrogen-bond acceptors (Lipinski definition) is 5. The summed E-state index contributed by atoms with van der Waals surface area (Å²) in [5.74, 6) is 0.463. The largest absolute Gasteiger partial charge is 0.477 e. The van der Waals surface area contributed by atoms with Gasteiger partial charge in [-0.05, 0) is 31.7 Å². The first-order chi connectivity index (χ1) is 9.04. The Balaban J connectivity index is 2.68. The van der Waals surface area contributed by atoms with Gasteiger partial charge in [0.2, 0.25) is 5.88 Å². The van der Waals surface area contributed by atoms with Gasteiger partial charge in [-0.2, -0.15) is 0 Å². The van der Waals surface area contributed by atoms with Crippen molar-refractivity contribution in [3.05, 3.63) is 17.8 Å². The Morgan fingerprint density at radius 1 is 1.47 bits per heavy atom. The van der Waals surface area contributed by atoms with E-state index in [9.17, 15) is 4.79 Å². The summed E-state index contributed by atoms with van der Waals surface area (Å²) in [6.45, 7) is 6.90. The minimum atomic E-state index is -0.457. The van der Waals surface area contributed by atoms with Gasteiger partial charge in [0, 0.05) is 0 Å². The number of esters is 1. The average molecular weight is 266 g/mol. The first-order valence-electron chi connectivity index (χ1n) is 6.60. The van der Waals surface area contributed by atoms with Crippen molar-refractivity contribution in [2.75, 3.05) is 18.9 Å². The number of anilines is 1. The molecule has 1 aromatic heterocycles. The van der Waals surface area contributed by atoms with Gasteiger partial charge in [0.1, 0.15) is 5.56 Å². The van der Waals surface area contributed by atoms with Crippen LogP contribution in [-0.4, -0.2) is 24.2 Å². The van der Waals surface area contributed by atoms with Gasteiger partial charge < -0.3 is 15.2 Å². The highest BCUT2D eigenvalue weighted by Crippen LogP contribution is 2.19. The molecule has 5 nitrogen and oxygen atoms in total. The summed E-state index contributed by atoms with van der Waals surface area (Å²) < 4.78 is 10.5. The number of rotatable bonds is 7. The van der Waals surface area contributed by atoms with Gasteiger partial charge in [-0.1, -0.05) is 13.8 Å². The molecule has 0 saturated carbocycles. The van der Waals surface area contributed by atoms with Gasteiger partial charge in [0.05, 0.1) is 25.1 Å². The van der Waals surface area contributed by atoms with Gasteiger partial charge in [-0.25, -0.2) is 9.78 Å².